The molecule has 31 heavy (non-hydrogen) atoms. The van der Waals surface area contributed by atoms with Crippen LogP contribution in [0.2, 0.25) is 0 Å². The van der Waals surface area contributed by atoms with E-state index in [9.17, 15) is 35.1 Å². The second-order valence-electron chi connectivity index (χ2n) is 6.42. The van der Waals surface area contributed by atoms with Crippen molar-refractivity contribution in [3.63, 3.8) is 0 Å². The van der Waals surface area contributed by atoms with Crippen LogP contribution in [0.5, 0.6) is 0 Å². The molecule has 1 aromatic rings. The summed E-state index contributed by atoms with van der Waals surface area (Å²) in [6.07, 6.45) is -4.74. The first-order chi connectivity index (χ1) is 14.5. The molecule has 0 aliphatic heterocycles. The first kappa shape index (κ1) is 29.1. The van der Waals surface area contributed by atoms with Gasteiger partial charge >= 0.3 is 0 Å². The van der Waals surface area contributed by atoms with E-state index >= 15 is 0 Å². The fourth-order valence-electron chi connectivity index (χ4n) is 2.44. The average molecular weight is 780 g/mol. The highest BCUT2D eigenvalue weighted by molar-refractivity contribution is 14.1. The zero-order valence-electron chi connectivity index (χ0n) is 15.9. The van der Waals surface area contributed by atoms with Crippen molar-refractivity contribution in [2.75, 3.05) is 25.1 Å². The van der Waals surface area contributed by atoms with Gasteiger partial charge in [-0.05, 0) is 67.8 Å². The maximum absolute atomic E-state index is 12.9. The fourth-order valence-corrected chi connectivity index (χ4v) is 6.71. The molecule has 0 spiro atoms. The molecule has 0 fully saturated rings. The number of hydrogen-bond acceptors (Lipinski definition) is 9. The van der Waals surface area contributed by atoms with Crippen molar-refractivity contribution >= 4 is 85.3 Å². The molecule has 0 heterocycles. The van der Waals surface area contributed by atoms with Gasteiger partial charge in [0.2, 0.25) is 0 Å². The summed E-state index contributed by atoms with van der Waals surface area (Å²) in [6.45, 7) is -2.42. The zero-order chi connectivity index (χ0) is 23.9. The van der Waals surface area contributed by atoms with E-state index in [1.165, 1.54) is 0 Å². The van der Waals surface area contributed by atoms with Crippen LogP contribution in [-0.4, -0.2) is 91.7 Å². The summed E-state index contributed by atoms with van der Waals surface area (Å²) < 4.78 is 1.05. The number of carbonyl (C=O) groups is 2. The van der Waals surface area contributed by atoms with Crippen LogP contribution in [0, 0.1) is 10.7 Å². The molecule has 0 aromatic heterocycles. The number of anilines is 1. The molecule has 11 nitrogen and oxygen atoms in total. The second kappa shape index (κ2) is 13.7. The SMILES string of the molecule is O=C(NC(CO)C(O)CO)c1c(I)c(CO)c(I)c(NC(=O)C(O)CC(O)CO)c1I. The summed E-state index contributed by atoms with van der Waals surface area (Å²) in [5.74, 6) is -1.61. The Morgan fingerprint density at radius 1 is 0.871 bits per heavy atom. The number of hydrogen-bond donors (Lipinski definition) is 9. The third kappa shape index (κ3) is 7.54. The molecule has 0 radical (unpaired) electrons. The third-order valence-corrected chi connectivity index (χ3v) is 7.67. The number of carbonyl (C=O) groups excluding carboxylic acids is 2. The normalized spacial score (nSPS) is 15.2. The Hall–Kier alpha value is 0.0700. The van der Waals surface area contributed by atoms with Crippen molar-refractivity contribution in [3.05, 3.63) is 21.8 Å². The maximum Gasteiger partial charge on any atom is 0.253 e. The predicted molar refractivity (Wildman–Crippen MR) is 134 cm³/mol. The summed E-state index contributed by atoms with van der Waals surface area (Å²) in [6, 6.07) is -1.15. The van der Waals surface area contributed by atoms with Gasteiger partial charge in [0.1, 0.15) is 6.10 Å². The van der Waals surface area contributed by atoms with Gasteiger partial charge in [-0.2, -0.15) is 0 Å². The van der Waals surface area contributed by atoms with Crippen molar-refractivity contribution in [2.45, 2.75) is 37.4 Å². The van der Waals surface area contributed by atoms with E-state index in [0.717, 1.165) is 0 Å². The lowest BCUT2D eigenvalue weighted by Gasteiger charge is -2.23. The second-order valence-corrected chi connectivity index (χ2v) is 9.65. The molecule has 0 saturated carbocycles. The Morgan fingerprint density at radius 3 is 1.97 bits per heavy atom. The molecule has 0 aliphatic rings. The van der Waals surface area contributed by atoms with E-state index in [0.29, 0.717) is 12.7 Å². The molecular formula is C17H23I3N2O9. The number of rotatable bonds is 11. The fraction of sp³-hybridized carbons (Fsp3) is 0.529. The lowest BCUT2D eigenvalue weighted by Crippen LogP contribution is -2.47. The van der Waals surface area contributed by atoms with Crippen LogP contribution in [0.25, 0.3) is 0 Å². The van der Waals surface area contributed by atoms with Crippen LogP contribution < -0.4 is 10.6 Å². The van der Waals surface area contributed by atoms with Crippen LogP contribution in [-0.2, 0) is 11.4 Å². The van der Waals surface area contributed by atoms with Gasteiger partial charge in [0, 0.05) is 19.1 Å². The molecule has 176 valence electrons. The number of nitrogens with one attached hydrogen (secondary N) is 2. The first-order valence-corrected chi connectivity index (χ1v) is 12.1. The molecule has 0 aliphatic carbocycles. The van der Waals surface area contributed by atoms with Gasteiger partial charge in [-0.15, -0.1) is 0 Å². The molecule has 1 aromatic carbocycles. The summed E-state index contributed by atoms with van der Waals surface area (Å²) in [4.78, 5) is 25.2. The zero-order valence-corrected chi connectivity index (χ0v) is 22.4. The highest BCUT2D eigenvalue weighted by atomic mass is 127. The molecule has 0 bridgehead atoms. The Labute approximate surface area is 218 Å². The highest BCUT2D eigenvalue weighted by Crippen LogP contribution is 2.36. The highest BCUT2D eigenvalue weighted by Gasteiger charge is 2.29. The Bertz CT molecular complexity index is 797. The van der Waals surface area contributed by atoms with Gasteiger partial charge in [0.15, 0.2) is 0 Å². The summed E-state index contributed by atoms with van der Waals surface area (Å²) in [5, 5.41) is 71.1. The molecule has 4 unspecified atom stereocenters. The van der Waals surface area contributed by atoms with Crippen molar-refractivity contribution in [3.8, 4) is 0 Å². The lowest BCUT2D eigenvalue weighted by atomic mass is 10.1. The third-order valence-electron chi connectivity index (χ3n) is 4.21. The summed E-state index contributed by atoms with van der Waals surface area (Å²) in [5.41, 5.74) is 0.520. The summed E-state index contributed by atoms with van der Waals surface area (Å²) >= 11 is 5.52. The van der Waals surface area contributed by atoms with E-state index in [1.807, 2.05) is 45.2 Å². The minimum Gasteiger partial charge on any atom is -0.394 e. The predicted octanol–water partition coefficient (Wildman–Crippen LogP) is -1.52. The number of amides is 2. The van der Waals surface area contributed by atoms with E-state index in [2.05, 4.69) is 10.6 Å². The van der Waals surface area contributed by atoms with Crippen molar-refractivity contribution in [2.24, 2.45) is 0 Å². The number of aliphatic hydroxyl groups is 7. The van der Waals surface area contributed by atoms with E-state index in [1.54, 1.807) is 22.6 Å². The largest absolute Gasteiger partial charge is 0.394 e. The standard InChI is InChI=1S/C17H23I3N2O9/c18-12-7(3-24)13(19)15(22-16(30)9(28)1-6(27)2-23)14(20)11(12)17(31)21-8(4-25)10(29)5-26/h6,8-10,23-29H,1-5H2,(H,21,31)(H,22,30). The monoisotopic (exact) mass is 780 g/mol. The van der Waals surface area contributed by atoms with Crippen LogP contribution >= 0.6 is 67.8 Å². The van der Waals surface area contributed by atoms with E-state index in [-0.39, 0.29) is 14.8 Å². The minimum atomic E-state index is -1.64. The average Bonchev–Trinajstić information content (AvgIpc) is 2.74. The van der Waals surface area contributed by atoms with Crippen LogP contribution in [0.4, 0.5) is 5.69 Å². The maximum atomic E-state index is 12.9. The van der Waals surface area contributed by atoms with Gasteiger partial charge in [-0.25, -0.2) is 0 Å². The summed E-state index contributed by atoms with van der Waals surface area (Å²) in [7, 11) is 0. The van der Waals surface area contributed by atoms with Gasteiger partial charge in [-0.1, -0.05) is 0 Å². The first-order valence-electron chi connectivity index (χ1n) is 8.82. The molecular weight excluding hydrogens is 757 g/mol. The minimum absolute atomic E-state index is 0.0504. The number of aliphatic hydroxyl groups excluding tert-OH is 7. The van der Waals surface area contributed by atoms with E-state index < -0.39 is 69.0 Å². The van der Waals surface area contributed by atoms with Gasteiger partial charge in [-0.3, -0.25) is 9.59 Å². The lowest BCUT2D eigenvalue weighted by molar-refractivity contribution is -0.125. The molecule has 9 N–H and O–H groups in total. The van der Waals surface area contributed by atoms with Gasteiger partial charge in [0.05, 0.1) is 59.5 Å². The van der Waals surface area contributed by atoms with Crippen molar-refractivity contribution in [1.29, 1.82) is 0 Å². The number of benzene rings is 1. The molecule has 1 rings (SSSR count). The van der Waals surface area contributed by atoms with Gasteiger partial charge in [0.25, 0.3) is 11.8 Å². The van der Waals surface area contributed by atoms with Crippen molar-refractivity contribution in [1.82, 2.24) is 5.32 Å². The molecule has 0 saturated heterocycles. The van der Waals surface area contributed by atoms with Crippen LogP contribution in [0.15, 0.2) is 0 Å². The Balaban J connectivity index is 3.36. The quantitative estimate of drug-likeness (QED) is 0.120. The van der Waals surface area contributed by atoms with Gasteiger partial charge < -0.3 is 46.4 Å². The topological polar surface area (TPSA) is 200 Å². The van der Waals surface area contributed by atoms with Crippen molar-refractivity contribution < 1.29 is 45.3 Å². The van der Waals surface area contributed by atoms with Crippen LogP contribution in [0.1, 0.15) is 22.3 Å². The van der Waals surface area contributed by atoms with Crippen LogP contribution in [0.3, 0.4) is 0 Å². The Kier molecular flexibility index (Phi) is 12.9. The molecule has 14 heteroatoms. The molecule has 4 atom stereocenters. The number of halogens is 3. The Morgan fingerprint density at radius 2 is 1.48 bits per heavy atom. The van der Waals surface area contributed by atoms with E-state index in [4.69, 9.17) is 10.2 Å². The smallest absolute Gasteiger partial charge is 0.253 e. The molecule has 2 amide bonds.